The van der Waals surface area contributed by atoms with Crippen LogP contribution in [0.15, 0.2) is 41.3 Å². The third kappa shape index (κ3) is 4.49. The van der Waals surface area contributed by atoms with E-state index >= 15 is 0 Å². The Morgan fingerprint density at radius 2 is 1.71 bits per heavy atom. The summed E-state index contributed by atoms with van der Waals surface area (Å²) in [6.07, 6.45) is 0.498. The largest absolute Gasteiger partial charge is 0.504 e. The average Bonchev–Trinajstić information content (AvgIpc) is 2.47. The molecule has 5 nitrogen and oxygen atoms in total. The van der Waals surface area contributed by atoms with Gasteiger partial charge in [0.05, 0.1) is 11.5 Å². The Morgan fingerprint density at radius 1 is 1.08 bits per heavy atom. The number of sulfonamides is 1. The van der Waals surface area contributed by atoms with Crippen LogP contribution >= 0.6 is 0 Å². The molecule has 0 saturated heterocycles. The fourth-order valence-electron chi connectivity index (χ4n) is 2.70. The molecule has 2 aromatic rings. The molecule has 0 aromatic heterocycles. The minimum atomic E-state index is -3.55. The van der Waals surface area contributed by atoms with E-state index in [0.29, 0.717) is 23.7 Å². The number of ether oxygens (including phenoxy) is 1. The fourth-order valence-corrected chi connectivity index (χ4v) is 4.23. The van der Waals surface area contributed by atoms with E-state index in [1.807, 2.05) is 19.1 Å². The van der Waals surface area contributed by atoms with Crippen molar-refractivity contribution in [1.82, 2.24) is 4.72 Å². The van der Waals surface area contributed by atoms with Crippen LogP contribution in [-0.4, -0.2) is 26.7 Å². The predicted octanol–water partition coefficient (Wildman–Crippen LogP) is 3.06. The summed E-state index contributed by atoms with van der Waals surface area (Å²) in [5.41, 5.74) is 2.52. The summed E-state index contributed by atoms with van der Waals surface area (Å²) in [7, 11) is -3.55. The first-order valence-corrected chi connectivity index (χ1v) is 9.28. The zero-order valence-corrected chi connectivity index (χ0v) is 15.0. The number of nitrogens with one attached hydrogen (secondary N) is 1. The van der Waals surface area contributed by atoms with Crippen LogP contribution < -0.4 is 9.46 Å². The summed E-state index contributed by atoms with van der Waals surface area (Å²) in [6, 6.07) is 10.4. The van der Waals surface area contributed by atoms with Crippen LogP contribution in [0, 0.1) is 20.8 Å². The smallest absolute Gasteiger partial charge is 0.241 e. The van der Waals surface area contributed by atoms with Gasteiger partial charge in [0.1, 0.15) is 0 Å². The van der Waals surface area contributed by atoms with E-state index in [1.54, 1.807) is 38.1 Å². The number of phenols is 1. The molecule has 130 valence electrons. The number of phenolic OH excluding ortho intramolecular Hbond substituents is 1. The van der Waals surface area contributed by atoms with E-state index in [1.165, 1.54) is 0 Å². The van der Waals surface area contributed by atoms with Gasteiger partial charge in [-0.15, -0.1) is 0 Å². The highest BCUT2D eigenvalue weighted by Crippen LogP contribution is 2.24. The van der Waals surface area contributed by atoms with E-state index in [9.17, 15) is 13.5 Å². The molecule has 0 saturated carbocycles. The van der Waals surface area contributed by atoms with Gasteiger partial charge in [-0.25, -0.2) is 13.1 Å². The molecule has 0 radical (unpaired) electrons. The minimum Gasteiger partial charge on any atom is -0.504 e. The van der Waals surface area contributed by atoms with Crippen LogP contribution in [0.2, 0.25) is 0 Å². The number of aryl methyl sites for hydroxylation is 3. The zero-order valence-electron chi connectivity index (χ0n) is 14.2. The molecule has 0 fully saturated rings. The highest BCUT2D eigenvalue weighted by atomic mass is 32.2. The molecule has 0 aliphatic heterocycles. The number of benzene rings is 2. The molecule has 0 heterocycles. The summed E-state index contributed by atoms with van der Waals surface area (Å²) in [5, 5.41) is 9.59. The van der Waals surface area contributed by atoms with Crippen molar-refractivity contribution in [3.05, 3.63) is 53.1 Å². The van der Waals surface area contributed by atoms with Gasteiger partial charge >= 0.3 is 0 Å². The molecule has 0 spiro atoms. The minimum absolute atomic E-state index is 0.0731. The number of hydrogen-bond acceptors (Lipinski definition) is 4. The van der Waals surface area contributed by atoms with Gasteiger partial charge in [0.2, 0.25) is 10.0 Å². The quantitative estimate of drug-likeness (QED) is 0.753. The molecule has 6 heteroatoms. The van der Waals surface area contributed by atoms with Crippen LogP contribution in [0.4, 0.5) is 0 Å². The molecule has 2 aromatic carbocycles. The molecule has 0 aliphatic rings. The summed E-state index contributed by atoms with van der Waals surface area (Å²) >= 11 is 0. The second kappa shape index (κ2) is 7.68. The molecule has 24 heavy (non-hydrogen) atoms. The Labute approximate surface area is 143 Å². The molecule has 0 unspecified atom stereocenters. The maximum absolute atomic E-state index is 12.5. The van der Waals surface area contributed by atoms with E-state index in [0.717, 1.165) is 16.7 Å². The second-order valence-electron chi connectivity index (χ2n) is 5.80. The van der Waals surface area contributed by atoms with Gasteiger partial charge in [-0.05, 0) is 50.5 Å². The van der Waals surface area contributed by atoms with E-state index in [2.05, 4.69) is 4.72 Å². The second-order valence-corrected chi connectivity index (χ2v) is 7.50. The lowest BCUT2D eigenvalue weighted by atomic mass is 10.1. The Morgan fingerprint density at radius 3 is 2.33 bits per heavy atom. The van der Waals surface area contributed by atoms with Gasteiger partial charge in [0.25, 0.3) is 0 Å². The highest BCUT2D eigenvalue weighted by Gasteiger charge is 2.19. The summed E-state index contributed by atoms with van der Waals surface area (Å²) < 4.78 is 33.0. The van der Waals surface area contributed by atoms with E-state index in [-0.39, 0.29) is 12.3 Å². The van der Waals surface area contributed by atoms with E-state index in [4.69, 9.17) is 4.74 Å². The van der Waals surface area contributed by atoms with Crippen molar-refractivity contribution in [2.24, 2.45) is 0 Å². The first-order chi connectivity index (χ1) is 11.3. The molecular weight excluding hydrogens is 326 g/mol. The van der Waals surface area contributed by atoms with Gasteiger partial charge in [0, 0.05) is 6.54 Å². The lowest BCUT2D eigenvalue weighted by molar-refractivity contribution is 0.294. The van der Waals surface area contributed by atoms with E-state index < -0.39 is 10.0 Å². The summed E-state index contributed by atoms with van der Waals surface area (Å²) in [6.45, 7) is 6.13. The van der Waals surface area contributed by atoms with Gasteiger partial charge in [-0.1, -0.05) is 29.8 Å². The molecule has 0 atom stereocenters. The van der Waals surface area contributed by atoms with Gasteiger partial charge < -0.3 is 9.84 Å². The normalized spacial score (nSPS) is 11.5. The Balaban J connectivity index is 1.91. The van der Waals surface area contributed by atoms with Crippen molar-refractivity contribution in [3.63, 3.8) is 0 Å². The predicted molar refractivity (Wildman–Crippen MR) is 94.1 cm³/mol. The number of aromatic hydroxyl groups is 1. The Kier molecular flexibility index (Phi) is 5.85. The number of hydrogen-bond donors (Lipinski definition) is 2. The van der Waals surface area contributed by atoms with Gasteiger partial charge in [-0.3, -0.25) is 0 Å². The topological polar surface area (TPSA) is 75.6 Å². The van der Waals surface area contributed by atoms with Gasteiger partial charge in [-0.2, -0.15) is 0 Å². The summed E-state index contributed by atoms with van der Waals surface area (Å²) in [5.74, 6) is 0.467. The molecule has 0 amide bonds. The van der Waals surface area contributed by atoms with Crippen LogP contribution in [0.25, 0.3) is 0 Å². The zero-order chi connectivity index (χ0) is 17.7. The third-order valence-electron chi connectivity index (χ3n) is 3.61. The lowest BCUT2D eigenvalue weighted by Gasteiger charge is -2.13. The monoisotopic (exact) mass is 349 g/mol. The fraction of sp³-hybridized carbons (Fsp3) is 0.333. The maximum atomic E-state index is 12.5. The first kappa shape index (κ1) is 18.3. The molecule has 0 bridgehead atoms. The van der Waals surface area contributed by atoms with Crippen molar-refractivity contribution in [1.29, 1.82) is 0 Å². The van der Waals surface area contributed by atoms with Crippen LogP contribution in [-0.2, 0) is 10.0 Å². The SMILES string of the molecule is Cc1cc(C)c(S(=O)(=O)NCCCOc2ccccc2O)c(C)c1. The Bertz CT molecular complexity index is 793. The molecule has 2 N–H and O–H groups in total. The van der Waals surface area contributed by atoms with Crippen molar-refractivity contribution in [2.45, 2.75) is 32.1 Å². The molecule has 0 aliphatic carbocycles. The van der Waals surface area contributed by atoms with Crippen molar-refractivity contribution < 1.29 is 18.3 Å². The number of para-hydroxylation sites is 2. The van der Waals surface area contributed by atoms with Crippen molar-refractivity contribution >= 4 is 10.0 Å². The lowest BCUT2D eigenvalue weighted by Crippen LogP contribution is -2.27. The third-order valence-corrected chi connectivity index (χ3v) is 5.37. The summed E-state index contributed by atoms with van der Waals surface area (Å²) in [4.78, 5) is 0.342. The first-order valence-electron chi connectivity index (χ1n) is 7.79. The van der Waals surface area contributed by atoms with Crippen molar-refractivity contribution in [2.75, 3.05) is 13.2 Å². The average molecular weight is 349 g/mol. The standard InChI is InChI=1S/C18H23NO4S/c1-13-11-14(2)18(15(3)12-13)24(21,22)19-9-6-10-23-17-8-5-4-7-16(17)20/h4-5,7-8,11-12,19-20H,6,9-10H2,1-3H3. The van der Waals surface area contributed by atoms with Gasteiger partial charge in [0.15, 0.2) is 11.5 Å². The van der Waals surface area contributed by atoms with Crippen LogP contribution in [0.3, 0.4) is 0 Å². The molecule has 2 rings (SSSR count). The Hall–Kier alpha value is -2.05. The number of rotatable bonds is 7. The maximum Gasteiger partial charge on any atom is 0.241 e. The van der Waals surface area contributed by atoms with Crippen LogP contribution in [0.1, 0.15) is 23.1 Å². The van der Waals surface area contributed by atoms with Crippen molar-refractivity contribution in [3.8, 4) is 11.5 Å². The van der Waals surface area contributed by atoms with Crippen LogP contribution in [0.5, 0.6) is 11.5 Å². The highest BCUT2D eigenvalue weighted by molar-refractivity contribution is 7.89. The molecular formula is C18H23NO4S.